The van der Waals surface area contributed by atoms with Crippen molar-refractivity contribution in [3.63, 3.8) is 0 Å². The Labute approximate surface area is 158 Å². The van der Waals surface area contributed by atoms with Crippen molar-refractivity contribution >= 4 is 44.6 Å². The second-order valence-corrected chi connectivity index (χ2v) is 8.52. The third-order valence-electron chi connectivity index (χ3n) is 4.19. The van der Waals surface area contributed by atoms with Gasteiger partial charge in [0.25, 0.3) is 10.0 Å². The molecule has 5 nitrogen and oxygen atoms in total. The molecule has 0 unspecified atom stereocenters. The van der Waals surface area contributed by atoms with E-state index in [1.165, 1.54) is 18.2 Å². The summed E-state index contributed by atoms with van der Waals surface area (Å²) in [5, 5.41) is 0.520. The molecular formula is C17H19Cl2N3O2S. The van der Waals surface area contributed by atoms with Crippen LogP contribution in [-0.2, 0) is 10.0 Å². The van der Waals surface area contributed by atoms with Crippen molar-refractivity contribution in [3.8, 4) is 0 Å². The third kappa shape index (κ3) is 4.39. The first-order valence-corrected chi connectivity index (χ1v) is 10.1. The van der Waals surface area contributed by atoms with Crippen molar-refractivity contribution in [2.24, 2.45) is 0 Å². The van der Waals surface area contributed by atoms with Gasteiger partial charge in [-0.2, -0.15) is 0 Å². The summed E-state index contributed by atoms with van der Waals surface area (Å²) in [6.45, 7) is 3.97. The number of rotatable bonds is 4. The number of hydrogen-bond donors (Lipinski definition) is 1. The van der Waals surface area contributed by atoms with Gasteiger partial charge in [-0.05, 0) is 49.5 Å². The van der Waals surface area contributed by atoms with E-state index in [0.29, 0.717) is 10.7 Å². The zero-order chi connectivity index (χ0) is 18.0. The van der Waals surface area contributed by atoms with Crippen molar-refractivity contribution in [2.45, 2.75) is 4.90 Å². The lowest BCUT2D eigenvalue weighted by atomic mass is 10.2. The molecular weight excluding hydrogens is 381 g/mol. The highest BCUT2D eigenvalue weighted by atomic mass is 35.5. The third-order valence-corrected chi connectivity index (χ3v) is 6.31. The molecule has 1 N–H and O–H groups in total. The van der Waals surface area contributed by atoms with Crippen LogP contribution < -0.4 is 9.62 Å². The van der Waals surface area contributed by atoms with Gasteiger partial charge in [-0.3, -0.25) is 4.72 Å². The fraction of sp³-hybridized carbons (Fsp3) is 0.294. The van der Waals surface area contributed by atoms with E-state index in [9.17, 15) is 8.42 Å². The van der Waals surface area contributed by atoms with Crippen molar-refractivity contribution in [3.05, 3.63) is 52.5 Å². The van der Waals surface area contributed by atoms with Crippen LogP contribution in [0.1, 0.15) is 0 Å². The van der Waals surface area contributed by atoms with E-state index >= 15 is 0 Å². The maximum absolute atomic E-state index is 12.5. The highest BCUT2D eigenvalue weighted by Gasteiger charge is 2.17. The Morgan fingerprint density at radius 3 is 2.16 bits per heavy atom. The summed E-state index contributed by atoms with van der Waals surface area (Å²) in [6.07, 6.45) is 0. The number of benzene rings is 2. The van der Waals surface area contributed by atoms with E-state index < -0.39 is 10.0 Å². The maximum atomic E-state index is 12.5. The Bertz CT molecular complexity index is 849. The predicted octanol–water partition coefficient (Wildman–Crippen LogP) is 3.55. The molecule has 0 saturated carbocycles. The second-order valence-electron chi connectivity index (χ2n) is 6.02. The van der Waals surface area contributed by atoms with Gasteiger partial charge < -0.3 is 9.80 Å². The molecule has 0 amide bonds. The van der Waals surface area contributed by atoms with Crippen LogP contribution in [0.5, 0.6) is 0 Å². The molecule has 134 valence electrons. The van der Waals surface area contributed by atoms with Crippen LogP contribution in [0.2, 0.25) is 10.0 Å². The van der Waals surface area contributed by atoms with Crippen LogP contribution in [0, 0.1) is 0 Å². The molecule has 25 heavy (non-hydrogen) atoms. The molecule has 8 heteroatoms. The molecule has 3 rings (SSSR count). The van der Waals surface area contributed by atoms with E-state index in [2.05, 4.69) is 21.6 Å². The van der Waals surface area contributed by atoms with Crippen molar-refractivity contribution in [1.29, 1.82) is 0 Å². The molecule has 2 aromatic rings. The first kappa shape index (κ1) is 18.3. The van der Waals surface area contributed by atoms with Crippen LogP contribution in [-0.4, -0.2) is 46.5 Å². The summed E-state index contributed by atoms with van der Waals surface area (Å²) in [4.78, 5) is 4.65. The molecule has 1 heterocycles. The van der Waals surface area contributed by atoms with Crippen LogP contribution in [0.3, 0.4) is 0 Å². The molecule has 2 aromatic carbocycles. The van der Waals surface area contributed by atoms with E-state index in [0.717, 1.165) is 31.9 Å². The number of likely N-dealkylation sites (N-methyl/N-ethyl adjacent to an activating group) is 1. The standard InChI is InChI=1S/C17H19Cl2N3O2S/c1-21-8-10-22(11-9-21)14-4-2-13(3-5-14)20-25(23,24)15-6-7-16(18)17(19)12-15/h2-7,12,20H,8-11H2,1H3. The summed E-state index contributed by atoms with van der Waals surface area (Å²) >= 11 is 11.7. The lowest BCUT2D eigenvalue weighted by Crippen LogP contribution is -2.44. The van der Waals surface area contributed by atoms with E-state index in [1.54, 1.807) is 12.1 Å². The Balaban J connectivity index is 1.73. The SMILES string of the molecule is CN1CCN(c2ccc(NS(=O)(=O)c3ccc(Cl)c(Cl)c3)cc2)CC1. The summed E-state index contributed by atoms with van der Waals surface area (Å²) in [5.74, 6) is 0. The molecule has 0 aromatic heterocycles. The van der Waals surface area contributed by atoms with Gasteiger partial charge in [0.2, 0.25) is 0 Å². The Morgan fingerprint density at radius 1 is 0.920 bits per heavy atom. The largest absolute Gasteiger partial charge is 0.369 e. The summed E-state index contributed by atoms with van der Waals surface area (Å²) in [6, 6.07) is 11.6. The number of piperazine rings is 1. The molecule has 1 aliphatic heterocycles. The van der Waals surface area contributed by atoms with Crippen LogP contribution in [0.25, 0.3) is 0 Å². The summed E-state index contributed by atoms with van der Waals surface area (Å²) in [5.41, 5.74) is 1.59. The van der Waals surface area contributed by atoms with Gasteiger partial charge in [-0.25, -0.2) is 8.42 Å². The van der Waals surface area contributed by atoms with Crippen LogP contribution in [0.4, 0.5) is 11.4 Å². The quantitative estimate of drug-likeness (QED) is 0.853. The highest BCUT2D eigenvalue weighted by molar-refractivity contribution is 7.92. The summed E-state index contributed by atoms with van der Waals surface area (Å²) < 4.78 is 27.5. The molecule has 1 fully saturated rings. The van der Waals surface area contributed by atoms with Crippen molar-refractivity contribution in [2.75, 3.05) is 42.8 Å². The zero-order valence-electron chi connectivity index (χ0n) is 13.7. The fourth-order valence-corrected chi connectivity index (χ4v) is 4.11. The number of nitrogens with one attached hydrogen (secondary N) is 1. The Morgan fingerprint density at radius 2 is 1.56 bits per heavy atom. The van der Waals surface area contributed by atoms with Gasteiger partial charge in [0.1, 0.15) is 0 Å². The first-order chi connectivity index (χ1) is 11.8. The monoisotopic (exact) mass is 399 g/mol. The molecule has 1 saturated heterocycles. The van der Waals surface area contributed by atoms with Gasteiger partial charge in [0.05, 0.1) is 14.9 Å². The van der Waals surface area contributed by atoms with Gasteiger partial charge in [0.15, 0.2) is 0 Å². The maximum Gasteiger partial charge on any atom is 0.261 e. The van der Waals surface area contributed by atoms with Crippen molar-refractivity contribution < 1.29 is 8.42 Å². The predicted molar refractivity (Wildman–Crippen MR) is 103 cm³/mol. The first-order valence-electron chi connectivity index (χ1n) is 7.86. The van der Waals surface area contributed by atoms with Gasteiger partial charge >= 0.3 is 0 Å². The average Bonchev–Trinajstić information content (AvgIpc) is 2.58. The molecule has 0 spiro atoms. The van der Waals surface area contributed by atoms with Gasteiger partial charge in [-0.15, -0.1) is 0 Å². The van der Waals surface area contributed by atoms with E-state index in [1.807, 2.05) is 12.1 Å². The lowest BCUT2D eigenvalue weighted by molar-refractivity contribution is 0.313. The zero-order valence-corrected chi connectivity index (χ0v) is 16.1. The smallest absolute Gasteiger partial charge is 0.261 e. The summed E-state index contributed by atoms with van der Waals surface area (Å²) in [7, 11) is -1.60. The normalized spacial score (nSPS) is 16.0. The van der Waals surface area contributed by atoms with Crippen LogP contribution in [0.15, 0.2) is 47.4 Å². The molecule has 0 atom stereocenters. The molecule has 0 bridgehead atoms. The van der Waals surface area contributed by atoms with E-state index in [4.69, 9.17) is 23.2 Å². The topological polar surface area (TPSA) is 52.6 Å². The Kier molecular flexibility index (Phi) is 5.43. The fourth-order valence-electron chi connectivity index (χ4n) is 2.66. The average molecular weight is 400 g/mol. The number of hydrogen-bond acceptors (Lipinski definition) is 4. The minimum Gasteiger partial charge on any atom is -0.369 e. The van der Waals surface area contributed by atoms with Gasteiger partial charge in [0, 0.05) is 37.6 Å². The lowest BCUT2D eigenvalue weighted by Gasteiger charge is -2.34. The van der Waals surface area contributed by atoms with Gasteiger partial charge in [-0.1, -0.05) is 23.2 Å². The Hall–Kier alpha value is -1.47. The van der Waals surface area contributed by atoms with Crippen molar-refractivity contribution in [1.82, 2.24) is 4.90 Å². The number of anilines is 2. The molecule has 1 aliphatic rings. The minimum atomic E-state index is -3.71. The second kappa shape index (κ2) is 7.41. The van der Waals surface area contributed by atoms with E-state index in [-0.39, 0.29) is 9.92 Å². The minimum absolute atomic E-state index is 0.0741. The number of nitrogens with zero attached hydrogens (tertiary/aromatic N) is 2. The molecule has 0 aliphatic carbocycles. The van der Waals surface area contributed by atoms with Crippen LogP contribution >= 0.6 is 23.2 Å². The number of halogens is 2. The molecule has 0 radical (unpaired) electrons. The highest BCUT2D eigenvalue weighted by Crippen LogP contribution is 2.26. The number of sulfonamides is 1.